The molecule has 1 fully saturated rings. The summed E-state index contributed by atoms with van der Waals surface area (Å²) in [5.41, 5.74) is 1.94. The van der Waals surface area contributed by atoms with Gasteiger partial charge in [0.25, 0.3) is 0 Å². The van der Waals surface area contributed by atoms with Crippen molar-refractivity contribution < 1.29 is 9.90 Å². The fourth-order valence-electron chi connectivity index (χ4n) is 2.24. The Morgan fingerprint density at radius 1 is 1.50 bits per heavy atom. The average Bonchev–Trinajstić information content (AvgIpc) is 2.32. The first kappa shape index (κ1) is 12.9. The number of urea groups is 1. The van der Waals surface area contributed by atoms with Gasteiger partial charge in [0.05, 0.1) is 6.10 Å². The van der Waals surface area contributed by atoms with Crippen molar-refractivity contribution in [3.05, 3.63) is 29.8 Å². The van der Waals surface area contributed by atoms with Crippen LogP contribution in [0.2, 0.25) is 0 Å². The van der Waals surface area contributed by atoms with Crippen molar-refractivity contribution in [2.24, 2.45) is 5.92 Å². The van der Waals surface area contributed by atoms with Crippen molar-refractivity contribution in [2.75, 3.05) is 18.4 Å². The van der Waals surface area contributed by atoms with Crippen LogP contribution in [0.25, 0.3) is 0 Å². The van der Waals surface area contributed by atoms with Gasteiger partial charge in [-0.3, -0.25) is 0 Å². The maximum atomic E-state index is 12.1. The van der Waals surface area contributed by atoms with Crippen molar-refractivity contribution in [3.8, 4) is 0 Å². The number of piperidine rings is 1. The summed E-state index contributed by atoms with van der Waals surface area (Å²) >= 11 is 0. The first-order chi connectivity index (χ1) is 8.56. The predicted molar refractivity (Wildman–Crippen MR) is 71.6 cm³/mol. The van der Waals surface area contributed by atoms with Crippen LogP contribution in [-0.4, -0.2) is 35.2 Å². The zero-order valence-electron chi connectivity index (χ0n) is 10.9. The Kier molecular flexibility index (Phi) is 3.87. The van der Waals surface area contributed by atoms with E-state index >= 15 is 0 Å². The number of nitrogens with one attached hydrogen (secondary N) is 1. The average molecular weight is 248 g/mol. The second kappa shape index (κ2) is 5.40. The Balaban J connectivity index is 1.96. The minimum absolute atomic E-state index is 0.0839. The normalized spacial score (nSPS) is 23.8. The van der Waals surface area contributed by atoms with E-state index in [2.05, 4.69) is 5.32 Å². The van der Waals surface area contributed by atoms with Gasteiger partial charge in [-0.15, -0.1) is 0 Å². The molecule has 2 rings (SSSR count). The van der Waals surface area contributed by atoms with Gasteiger partial charge >= 0.3 is 6.03 Å². The molecule has 0 bridgehead atoms. The molecule has 2 atom stereocenters. The van der Waals surface area contributed by atoms with Gasteiger partial charge in [0.2, 0.25) is 0 Å². The monoisotopic (exact) mass is 248 g/mol. The predicted octanol–water partition coefficient (Wildman–Crippen LogP) is 2.23. The first-order valence-corrected chi connectivity index (χ1v) is 6.37. The molecule has 1 aliphatic rings. The van der Waals surface area contributed by atoms with Crippen LogP contribution in [0.3, 0.4) is 0 Å². The summed E-state index contributed by atoms with van der Waals surface area (Å²) in [5.74, 6) is 0.141. The first-order valence-electron chi connectivity index (χ1n) is 6.37. The van der Waals surface area contributed by atoms with Gasteiger partial charge in [-0.2, -0.15) is 0 Å². The molecule has 98 valence electrons. The molecule has 1 aromatic carbocycles. The number of carbonyl (C=O) groups is 1. The van der Waals surface area contributed by atoms with E-state index in [1.807, 2.05) is 38.1 Å². The highest BCUT2D eigenvalue weighted by Crippen LogP contribution is 2.18. The SMILES string of the molecule is Cc1cccc(NC(=O)N2CCC(O)C(C)C2)c1. The van der Waals surface area contributed by atoms with Gasteiger partial charge < -0.3 is 15.3 Å². The molecule has 1 aliphatic heterocycles. The largest absolute Gasteiger partial charge is 0.393 e. The Bertz CT molecular complexity index is 434. The molecule has 0 saturated carbocycles. The second-order valence-electron chi connectivity index (χ2n) is 5.08. The molecular weight excluding hydrogens is 228 g/mol. The summed E-state index contributed by atoms with van der Waals surface area (Å²) in [6.07, 6.45) is 0.371. The molecule has 18 heavy (non-hydrogen) atoms. The lowest BCUT2D eigenvalue weighted by molar-refractivity contribution is 0.0506. The number of hydrogen-bond donors (Lipinski definition) is 2. The number of anilines is 1. The highest BCUT2D eigenvalue weighted by Gasteiger charge is 2.27. The van der Waals surface area contributed by atoms with Gasteiger partial charge in [0.1, 0.15) is 0 Å². The zero-order chi connectivity index (χ0) is 13.1. The topological polar surface area (TPSA) is 52.6 Å². The lowest BCUT2D eigenvalue weighted by atomic mass is 9.97. The molecular formula is C14H20N2O2. The number of nitrogens with zero attached hydrogens (tertiary/aromatic N) is 1. The van der Waals surface area contributed by atoms with Crippen LogP contribution in [0.15, 0.2) is 24.3 Å². The highest BCUT2D eigenvalue weighted by molar-refractivity contribution is 5.89. The number of rotatable bonds is 1. The third-order valence-corrected chi connectivity index (χ3v) is 3.42. The van der Waals surface area contributed by atoms with E-state index in [1.165, 1.54) is 0 Å². The number of aliphatic hydroxyl groups is 1. The number of aliphatic hydroxyl groups excluding tert-OH is 1. The second-order valence-corrected chi connectivity index (χ2v) is 5.08. The summed E-state index contributed by atoms with van der Waals surface area (Å²) < 4.78 is 0. The molecule has 0 aliphatic carbocycles. The quantitative estimate of drug-likeness (QED) is 0.800. The van der Waals surface area contributed by atoms with Gasteiger partial charge in [-0.25, -0.2) is 4.79 Å². The van der Waals surface area contributed by atoms with E-state index in [9.17, 15) is 9.90 Å². The summed E-state index contributed by atoms with van der Waals surface area (Å²) in [6.45, 7) is 5.19. The molecule has 2 N–H and O–H groups in total. The summed E-state index contributed by atoms with van der Waals surface area (Å²) in [7, 11) is 0. The smallest absolute Gasteiger partial charge is 0.321 e. The van der Waals surface area contributed by atoms with Crippen molar-refractivity contribution in [1.82, 2.24) is 4.90 Å². The van der Waals surface area contributed by atoms with Gasteiger partial charge in [-0.05, 0) is 37.0 Å². The minimum atomic E-state index is -0.284. The summed E-state index contributed by atoms with van der Waals surface area (Å²) in [5, 5.41) is 12.5. The molecule has 0 aromatic heterocycles. The molecule has 0 spiro atoms. The Morgan fingerprint density at radius 3 is 2.94 bits per heavy atom. The third kappa shape index (κ3) is 3.01. The zero-order valence-corrected chi connectivity index (χ0v) is 10.9. The number of amides is 2. The third-order valence-electron chi connectivity index (χ3n) is 3.42. The number of likely N-dealkylation sites (tertiary alicyclic amines) is 1. The molecule has 1 saturated heterocycles. The van der Waals surface area contributed by atoms with Crippen LogP contribution in [0.1, 0.15) is 18.9 Å². The van der Waals surface area contributed by atoms with Gasteiger partial charge in [-0.1, -0.05) is 19.1 Å². The molecule has 4 heteroatoms. The van der Waals surface area contributed by atoms with Crippen molar-refractivity contribution in [2.45, 2.75) is 26.4 Å². The summed E-state index contributed by atoms with van der Waals surface area (Å²) in [6, 6.07) is 7.66. The Labute approximate surface area is 108 Å². The lowest BCUT2D eigenvalue weighted by Crippen LogP contribution is -2.46. The van der Waals surface area contributed by atoms with E-state index in [0.29, 0.717) is 19.5 Å². The van der Waals surface area contributed by atoms with Crippen LogP contribution in [0.4, 0.5) is 10.5 Å². The van der Waals surface area contributed by atoms with E-state index in [0.717, 1.165) is 11.3 Å². The molecule has 4 nitrogen and oxygen atoms in total. The van der Waals surface area contributed by atoms with Crippen LogP contribution < -0.4 is 5.32 Å². The summed E-state index contributed by atoms with van der Waals surface area (Å²) in [4.78, 5) is 13.8. The van der Waals surface area contributed by atoms with E-state index in [4.69, 9.17) is 0 Å². The minimum Gasteiger partial charge on any atom is -0.393 e. The molecule has 2 amide bonds. The number of carbonyl (C=O) groups excluding carboxylic acids is 1. The molecule has 1 heterocycles. The van der Waals surface area contributed by atoms with Crippen LogP contribution in [0.5, 0.6) is 0 Å². The number of hydrogen-bond acceptors (Lipinski definition) is 2. The Hall–Kier alpha value is -1.55. The van der Waals surface area contributed by atoms with Gasteiger partial charge in [0, 0.05) is 18.8 Å². The van der Waals surface area contributed by atoms with Gasteiger partial charge in [0.15, 0.2) is 0 Å². The number of aryl methyl sites for hydroxylation is 1. The van der Waals surface area contributed by atoms with E-state index < -0.39 is 0 Å². The Morgan fingerprint density at radius 2 is 2.28 bits per heavy atom. The van der Waals surface area contributed by atoms with Crippen LogP contribution >= 0.6 is 0 Å². The lowest BCUT2D eigenvalue weighted by Gasteiger charge is -2.34. The highest BCUT2D eigenvalue weighted by atomic mass is 16.3. The van der Waals surface area contributed by atoms with E-state index in [1.54, 1.807) is 4.90 Å². The maximum Gasteiger partial charge on any atom is 0.321 e. The fourth-order valence-corrected chi connectivity index (χ4v) is 2.24. The molecule has 1 aromatic rings. The van der Waals surface area contributed by atoms with Crippen molar-refractivity contribution in [1.29, 1.82) is 0 Å². The van der Waals surface area contributed by atoms with Crippen molar-refractivity contribution >= 4 is 11.7 Å². The van der Waals surface area contributed by atoms with Crippen molar-refractivity contribution in [3.63, 3.8) is 0 Å². The molecule has 2 unspecified atom stereocenters. The van der Waals surface area contributed by atoms with Crippen LogP contribution in [-0.2, 0) is 0 Å². The van der Waals surface area contributed by atoms with E-state index in [-0.39, 0.29) is 18.1 Å². The number of benzene rings is 1. The maximum absolute atomic E-state index is 12.1. The fraction of sp³-hybridized carbons (Fsp3) is 0.500. The molecule has 0 radical (unpaired) electrons. The van der Waals surface area contributed by atoms with Crippen LogP contribution in [0, 0.1) is 12.8 Å². The standard InChI is InChI=1S/C14H20N2O2/c1-10-4-3-5-12(8-10)15-14(18)16-7-6-13(17)11(2)9-16/h3-5,8,11,13,17H,6-7,9H2,1-2H3,(H,15,18).